The van der Waals surface area contributed by atoms with Crippen molar-refractivity contribution in [2.75, 3.05) is 26.8 Å². The van der Waals surface area contributed by atoms with E-state index in [1.54, 1.807) is 30.6 Å². The first kappa shape index (κ1) is 18.5. The van der Waals surface area contributed by atoms with E-state index in [-0.39, 0.29) is 11.7 Å². The maximum absolute atomic E-state index is 13.1. The zero-order valence-corrected chi connectivity index (χ0v) is 15.8. The molecule has 0 aliphatic rings. The Bertz CT molecular complexity index is 873. The van der Waals surface area contributed by atoms with Gasteiger partial charge in [0, 0.05) is 55.9 Å². The number of aromatic nitrogens is 2. The molecule has 0 saturated carbocycles. The van der Waals surface area contributed by atoms with Gasteiger partial charge in [-0.1, -0.05) is 6.92 Å². The lowest BCUT2D eigenvalue weighted by Gasteiger charge is -2.21. The number of fused-ring (bicyclic) bond motifs is 1. The number of hydrogen-bond acceptors (Lipinski definition) is 4. The molecule has 2 heterocycles. The molecule has 1 amide bonds. The third kappa shape index (κ3) is 4.11. The van der Waals surface area contributed by atoms with Crippen molar-refractivity contribution >= 4 is 22.2 Å². The zero-order chi connectivity index (χ0) is 18.5. The maximum Gasteiger partial charge on any atom is 0.222 e. The van der Waals surface area contributed by atoms with Gasteiger partial charge in [0.25, 0.3) is 0 Å². The maximum atomic E-state index is 13.1. The highest BCUT2D eigenvalue weighted by Crippen LogP contribution is 2.24. The molecule has 138 valence electrons. The van der Waals surface area contributed by atoms with Gasteiger partial charge in [0.15, 0.2) is 4.96 Å². The van der Waals surface area contributed by atoms with Gasteiger partial charge >= 0.3 is 0 Å². The second-order valence-corrected chi connectivity index (χ2v) is 6.83. The molecule has 0 unspecified atom stereocenters. The summed E-state index contributed by atoms with van der Waals surface area (Å²) in [6.45, 7) is 3.65. The molecule has 3 aromatic rings. The smallest absolute Gasteiger partial charge is 0.222 e. The second kappa shape index (κ2) is 8.42. The van der Waals surface area contributed by atoms with E-state index in [0.29, 0.717) is 26.1 Å². The molecule has 7 heteroatoms. The number of carbonyl (C=O) groups excluding carboxylic acids is 1. The lowest BCUT2D eigenvalue weighted by molar-refractivity contribution is -0.131. The molecule has 2 aromatic heterocycles. The number of hydrogen-bond donors (Lipinski definition) is 0. The molecular formula is C19H22FN3O2S. The van der Waals surface area contributed by atoms with Crippen LogP contribution in [0.4, 0.5) is 4.39 Å². The standard InChI is InChI=1S/C19H22FN3O2S/c1-3-18(24)22(10-11-25-2)9-8-16-13-26-19-21-17(12-23(16)19)14-4-6-15(20)7-5-14/h4-7,12-13H,3,8-11H2,1-2H3. The summed E-state index contributed by atoms with van der Waals surface area (Å²) in [4.78, 5) is 19.4. The number of carbonyl (C=O) groups is 1. The van der Waals surface area contributed by atoms with Crippen molar-refractivity contribution in [1.29, 1.82) is 0 Å². The summed E-state index contributed by atoms with van der Waals surface area (Å²) in [7, 11) is 1.64. The number of methoxy groups -OCH3 is 1. The predicted molar refractivity (Wildman–Crippen MR) is 101 cm³/mol. The second-order valence-electron chi connectivity index (χ2n) is 5.99. The van der Waals surface area contributed by atoms with Crippen LogP contribution in [0.5, 0.6) is 0 Å². The number of nitrogens with zero attached hydrogens (tertiary/aromatic N) is 3. The van der Waals surface area contributed by atoms with Crippen LogP contribution in [0.25, 0.3) is 16.2 Å². The number of halogens is 1. The van der Waals surface area contributed by atoms with Crippen molar-refractivity contribution in [3.63, 3.8) is 0 Å². The molecular weight excluding hydrogens is 353 g/mol. The minimum Gasteiger partial charge on any atom is -0.383 e. The predicted octanol–water partition coefficient (Wildman–Crippen LogP) is 3.63. The Morgan fingerprint density at radius 1 is 1.31 bits per heavy atom. The highest BCUT2D eigenvalue weighted by Gasteiger charge is 2.14. The van der Waals surface area contributed by atoms with Crippen LogP contribution in [0.3, 0.4) is 0 Å². The summed E-state index contributed by atoms with van der Waals surface area (Å²) in [6.07, 6.45) is 3.20. The quantitative estimate of drug-likeness (QED) is 0.604. The number of benzene rings is 1. The number of rotatable bonds is 8. The Morgan fingerprint density at radius 2 is 2.08 bits per heavy atom. The summed E-state index contributed by atoms with van der Waals surface area (Å²) in [5.74, 6) is -0.127. The van der Waals surface area contributed by atoms with Crippen molar-refractivity contribution in [3.8, 4) is 11.3 Å². The monoisotopic (exact) mass is 375 g/mol. The minimum absolute atomic E-state index is 0.131. The molecule has 5 nitrogen and oxygen atoms in total. The Balaban J connectivity index is 1.75. The van der Waals surface area contributed by atoms with Crippen LogP contribution >= 0.6 is 11.3 Å². The van der Waals surface area contributed by atoms with Crippen LogP contribution in [0.2, 0.25) is 0 Å². The van der Waals surface area contributed by atoms with Gasteiger partial charge in [0.1, 0.15) is 5.82 Å². The van der Waals surface area contributed by atoms with Gasteiger partial charge in [-0.2, -0.15) is 0 Å². The Labute approximate surface area is 156 Å². The number of amides is 1. The Kier molecular flexibility index (Phi) is 6.00. The van der Waals surface area contributed by atoms with Crippen LogP contribution in [0.1, 0.15) is 19.0 Å². The Hall–Kier alpha value is -2.25. The molecule has 0 atom stereocenters. The fraction of sp³-hybridized carbons (Fsp3) is 0.368. The largest absolute Gasteiger partial charge is 0.383 e. The molecule has 3 rings (SSSR count). The lowest BCUT2D eigenvalue weighted by atomic mass is 10.2. The molecule has 1 aromatic carbocycles. The van der Waals surface area contributed by atoms with Crippen LogP contribution in [0, 0.1) is 5.82 Å². The SMILES string of the molecule is CCC(=O)N(CCOC)CCc1csc2nc(-c3ccc(F)cc3)cn12. The fourth-order valence-corrected chi connectivity index (χ4v) is 3.71. The normalized spacial score (nSPS) is 11.2. The first-order valence-electron chi connectivity index (χ1n) is 8.60. The van der Waals surface area contributed by atoms with Gasteiger partial charge in [-0.3, -0.25) is 9.20 Å². The topological polar surface area (TPSA) is 46.8 Å². The molecule has 0 bridgehead atoms. The molecule has 0 radical (unpaired) electrons. The van der Waals surface area contributed by atoms with Crippen molar-refractivity contribution in [2.45, 2.75) is 19.8 Å². The summed E-state index contributed by atoms with van der Waals surface area (Å²) in [5, 5.41) is 2.07. The van der Waals surface area contributed by atoms with E-state index in [2.05, 4.69) is 10.4 Å². The van der Waals surface area contributed by atoms with Gasteiger partial charge in [0.05, 0.1) is 12.3 Å². The van der Waals surface area contributed by atoms with Crippen molar-refractivity contribution in [1.82, 2.24) is 14.3 Å². The molecule has 0 saturated heterocycles. The van der Waals surface area contributed by atoms with Gasteiger partial charge in [-0.25, -0.2) is 9.37 Å². The van der Waals surface area contributed by atoms with E-state index < -0.39 is 0 Å². The molecule has 0 spiro atoms. The third-order valence-corrected chi connectivity index (χ3v) is 5.17. The average Bonchev–Trinajstić information content (AvgIpc) is 3.23. The fourth-order valence-electron chi connectivity index (χ4n) is 2.80. The van der Waals surface area contributed by atoms with Crippen molar-refractivity contribution in [3.05, 3.63) is 47.4 Å². The highest BCUT2D eigenvalue weighted by molar-refractivity contribution is 7.15. The highest BCUT2D eigenvalue weighted by atomic mass is 32.1. The summed E-state index contributed by atoms with van der Waals surface area (Å²) in [6, 6.07) is 6.34. The van der Waals surface area contributed by atoms with Crippen molar-refractivity contribution < 1.29 is 13.9 Å². The summed E-state index contributed by atoms with van der Waals surface area (Å²) >= 11 is 1.57. The van der Waals surface area contributed by atoms with E-state index in [0.717, 1.165) is 28.3 Å². The van der Waals surface area contributed by atoms with E-state index in [1.807, 2.05) is 22.4 Å². The van der Waals surface area contributed by atoms with Crippen LogP contribution in [-0.4, -0.2) is 47.0 Å². The number of ether oxygens (including phenoxy) is 1. The first-order valence-corrected chi connectivity index (χ1v) is 9.48. The first-order chi connectivity index (χ1) is 12.6. The zero-order valence-electron chi connectivity index (χ0n) is 14.9. The van der Waals surface area contributed by atoms with E-state index in [1.165, 1.54) is 12.1 Å². The van der Waals surface area contributed by atoms with Crippen LogP contribution in [-0.2, 0) is 16.0 Å². The summed E-state index contributed by atoms with van der Waals surface area (Å²) < 4.78 is 20.3. The van der Waals surface area contributed by atoms with Crippen LogP contribution < -0.4 is 0 Å². The lowest BCUT2D eigenvalue weighted by Crippen LogP contribution is -2.35. The van der Waals surface area contributed by atoms with Gasteiger partial charge in [0.2, 0.25) is 5.91 Å². The molecule has 0 aliphatic heterocycles. The van der Waals surface area contributed by atoms with Gasteiger partial charge in [-0.05, 0) is 24.3 Å². The van der Waals surface area contributed by atoms with Crippen LogP contribution in [0.15, 0.2) is 35.8 Å². The summed E-state index contributed by atoms with van der Waals surface area (Å²) in [5.41, 5.74) is 2.81. The van der Waals surface area contributed by atoms with E-state index >= 15 is 0 Å². The molecule has 0 N–H and O–H groups in total. The van der Waals surface area contributed by atoms with Gasteiger partial charge < -0.3 is 9.64 Å². The minimum atomic E-state index is -0.257. The van der Waals surface area contributed by atoms with Crippen molar-refractivity contribution in [2.24, 2.45) is 0 Å². The number of thiazole rings is 1. The van der Waals surface area contributed by atoms with E-state index in [4.69, 9.17) is 4.74 Å². The molecule has 0 fully saturated rings. The average molecular weight is 375 g/mol. The van der Waals surface area contributed by atoms with E-state index in [9.17, 15) is 9.18 Å². The number of imidazole rings is 1. The molecule has 26 heavy (non-hydrogen) atoms. The Morgan fingerprint density at radius 3 is 2.77 bits per heavy atom. The molecule has 0 aliphatic carbocycles. The third-order valence-electron chi connectivity index (χ3n) is 4.28. The van der Waals surface area contributed by atoms with Gasteiger partial charge in [-0.15, -0.1) is 11.3 Å².